The van der Waals surface area contributed by atoms with Crippen molar-refractivity contribution in [2.75, 3.05) is 26.4 Å². The van der Waals surface area contributed by atoms with Crippen molar-refractivity contribution in [2.24, 2.45) is 0 Å². The highest BCUT2D eigenvalue weighted by Gasteiger charge is 2.28. The minimum absolute atomic E-state index is 0.0145. The van der Waals surface area contributed by atoms with E-state index in [4.69, 9.17) is 23.3 Å². The van der Waals surface area contributed by atoms with E-state index in [2.05, 4.69) is 124 Å². The van der Waals surface area contributed by atoms with Gasteiger partial charge in [0.25, 0.3) is 0 Å². The van der Waals surface area contributed by atoms with Gasteiger partial charge in [-0.2, -0.15) is 0 Å². The molecule has 0 heterocycles. The molecule has 456 valence electrons. The molecule has 12 heteroatoms. The van der Waals surface area contributed by atoms with Gasteiger partial charge >= 0.3 is 25.7 Å². The number of hydrogen-bond acceptors (Lipinski definition) is 10. The quantitative estimate of drug-likeness (QED) is 0.0197. The van der Waals surface area contributed by atoms with Crippen molar-refractivity contribution in [3.8, 4) is 0 Å². The summed E-state index contributed by atoms with van der Waals surface area (Å²) >= 11 is 0. The standard InChI is InChI=1S/C68H113O11P/c1-4-7-10-13-16-19-22-25-28-30-32-34-37-40-43-46-49-52-55-58-67(71)78-64(60-69)62-76-80(73,74)77-63-65(61-75-66(70)57-54-51-48-45-42-39-36-27-24-21-18-15-12-9-6-3)79-68(72)59-56-53-50-47-44-41-38-35-33-31-29-26-23-20-17-14-11-8-5-2/h8-9,11-12,17-18,20-21,25-29,33,35-36,42,45,51,54,64-65,69H,4-7,10,13-16,19,22-24,30-32,34,37-41,43-44,46-50,52-53,55-63H2,1-3H3,(H,73,74)/b11-8-,12-9-,20-17-,21-18-,28-25-,29-26-,35-33-,36-27-,45-42-,54-51-. The largest absolute Gasteiger partial charge is 0.472 e. The van der Waals surface area contributed by atoms with Crippen LogP contribution in [0.4, 0.5) is 0 Å². The van der Waals surface area contributed by atoms with Crippen LogP contribution >= 0.6 is 7.82 Å². The number of carbonyl (C=O) groups excluding carboxylic acids is 3. The summed E-state index contributed by atoms with van der Waals surface area (Å²) < 4.78 is 39.5. The van der Waals surface area contributed by atoms with Gasteiger partial charge in [-0.15, -0.1) is 0 Å². The Balaban J connectivity index is 4.79. The third-order valence-corrected chi connectivity index (χ3v) is 13.8. The van der Waals surface area contributed by atoms with Crippen molar-refractivity contribution in [3.63, 3.8) is 0 Å². The van der Waals surface area contributed by atoms with Crippen LogP contribution in [0.5, 0.6) is 0 Å². The molecular formula is C68H113O11P. The number of aliphatic hydroxyl groups is 1. The lowest BCUT2D eigenvalue weighted by Gasteiger charge is -2.21. The molecule has 0 radical (unpaired) electrons. The van der Waals surface area contributed by atoms with E-state index in [1.165, 1.54) is 83.5 Å². The first kappa shape index (κ1) is 75.9. The van der Waals surface area contributed by atoms with Crippen LogP contribution in [0.2, 0.25) is 0 Å². The minimum atomic E-state index is -4.78. The molecule has 0 aromatic heterocycles. The molecule has 0 rings (SSSR count). The normalized spacial score (nSPS) is 14.1. The first-order valence-corrected chi connectivity index (χ1v) is 32.9. The Bertz CT molecular complexity index is 1800. The van der Waals surface area contributed by atoms with E-state index in [-0.39, 0.29) is 19.3 Å². The van der Waals surface area contributed by atoms with Crippen LogP contribution < -0.4 is 0 Å². The molecule has 3 atom stereocenters. The lowest BCUT2D eigenvalue weighted by Crippen LogP contribution is -2.30. The molecule has 11 nitrogen and oxygen atoms in total. The van der Waals surface area contributed by atoms with E-state index in [1.54, 1.807) is 6.08 Å². The Hall–Kier alpha value is -4.12. The molecule has 0 amide bonds. The summed E-state index contributed by atoms with van der Waals surface area (Å²) in [6.45, 7) is 4.30. The number of allylic oxidation sites excluding steroid dienone is 19. The van der Waals surface area contributed by atoms with E-state index in [9.17, 15) is 28.9 Å². The number of esters is 3. The van der Waals surface area contributed by atoms with E-state index < -0.39 is 64.4 Å². The SMILES string of the molecule is CC/C=C\C/C=C\C/C=C\C/C=C\C/C=C\CC(=O)OCC(COP(=O)(O)OCC(CO)OC(=O)CCCCCCCCCCC/C=C\CCCCCCCC)OC(=O)CCCCCCCC/C=C\C/C=C\C/C=C\C/C=C\CC. The molecule has 0 aliphatic heterocycles. The maximum Gasteiger partial charge on any atom is 0.472 e. The lowest BCUT2D eigenvalue weighted by atomic mass is 10.1. The molecule has 0 saturated heterocycles. The van der Waals surface area contributed by atoms with Crippen LogP contribution in [-0.2, 0) is 42.2 Å². The first-order chi connectivity index (χ1) is 39.2. The van der Waals surface area contributed by atoms with Gasteiger partial charge < -0.3 is 24.2 Å². The summed E-state index contributed by atoms with van der Waals surface area (Å²) in [6.07, 6.45) is 76.1. The Labute approximate surface area is 487 Å². The molecule has 80 heavy (non-hydrogen) atoms. The molecule has 0 aromatic rings. The number of unbranched alkanes of at least 4 members (excludes halogenated alkanes) is 21. The fourth-order valence-corrected chi connectivity index (χ4v) is 8.96. The fourth-order valence-electron chi connectivity index (χ4n) is 8.18. The van der Waals surface area contributed by atoms with Crippen molar-refractivity contribution in [2.45, 2.75) is 264 Å². The molecule has 0 aliphatic carbocycles. The van der Waals surface area contributed by atoms with Crippen molar-refractivity contribution in [1.29, 1.82) is 0 Å². The maximum absolute atomic E-state index is 12.9. The van der Waals surface area contributed by atoms with Gasteiger partial charge in [-0.1, -0.05) is 245 Å². The van der Waals surface area contributed by atoms with Crippen molar-refractivity contribution < 1.29 is 52.2 Å². The summed E-state index contributed by atoms with van der Waals surface area (Å²) in [5, 5.41) is 9.85. The number of aliphatic hydroxyl groups excluding tert-OH is 1. The summed E-state index contributed by atoms with van der Waals surface area (Å²) in [7, 11) is -4.78. The van der Waals surface area contributed by atoms with E-state index in [1.807, 2.05) is 12.2 Å². The summed E-state index contributed by atoms with van der Waals surface area (Å²) in [4.78, 5) is 48.6. The Morgan fingerprint density at radius 1 is 0.375 bits per heavy atom. The van der Waals surface area contributed by atoms with Crippen LogP contribution in [0.25, 0.3) is 0 Å². The van der Waals surface area contributed by atoms with Gasteiger partial charge in [-0.25, -0.2) is 4.57 Å². The Morgan fingerprint density at radius 2 is 0.688 bits per heavy atom. The predicted octanol–water partition coefficient (Wildman–Crippen LogP) is 19.1. The fraction of sp³-hybridized carbons (Fsp3) is 0.662. The summed E-state index contributed by atoms with van der Waals surface area (Å²) in [5.74, 6) is -1.64. The lowest BCUT2D eigenvalue weighted by molar-refractivity contribution is -0.161. The number of phosphoric ester groups is 1. The Kier molecular flexibility index (Phi) is 57.8. The average Bonchev–Trinajstić information content (AvgIpc) is 3.45. The number of rotatable bonds is 57. The predicted molar refractivity (Wildman–Crippen MR) is 334 cm³/mol. The summed E-state index contributed by atoms with van der Waals surface area (Å²) in [5.41, 5.74) is 0. The zero-order chi connectivity index (χ0) is 58.3. The van der Waals surface area contributed by atoms with Gasteiger partial charge in [0, 0.05) is 12.8 Å². The van der Waals surface area contributed by atoms with Gasteiger partial charge in [0.15, 0.2) is 6.10 Å². The topological polar surface area (TPSA) is 155 Å². The minimum Gasteiger partial charge on any atom is -0.461 e. The van der Waals surface area contributed by atoms with Crippen molar-refractivity contribution in [1.82, 2.24) is 0 Å². The zero-order valence-corrected chi connectivity index (χ0v) is 51.4. The van der Waals surface area contributed by atoms with E-state index >= 15 is 0 Å². The molecule has 0 bridgehead atoms. The van der Waals surface area contributed by atoms with Gasteiger partial charge in [-0.3, -0.25) is 23.4 Å². The molecule has 0 aliphatic rings. The monoisotopic (exact) mass is 1140 g/mol. The van der Waals surface area contributed by atoms with Crippen molar-refractivity contribution >= 4 is 25.7 Å². The molecule has 0 saturated carbocycles. The van der Waals surface area contributed by atoms with E-state index in [0.717, 1.165) is 109 Å². The van der Waals surface area contributed by atoms with Crippen LogP contribution in [0.1, 0.15) is 252 Å². The molecule has 2 N–H and O–H groups in total. The average molecular weight is 1140 g/mol. The molecule has 0 aromatic carbocycles. The number of hydrogen-bond donors (Lipinski definition) is 2. The number of carbonyl (C=O) groups is 3. The molecular weight excluding hydrogens is 1020 g/mol. The smallest absolute Gasteiger partial charge is 0.461 e. The second-order valence-corrected chi connectivity index (χ2v) is 21.9. The third-order valence-electron chi connectivity index (χ3n) is 12.9. The second-order valence-electron chi connectivity index (χ2n) is 20.5. The molecule has 0 spiro atoms. The van der Waals surface area contributed by atoms with Crippen LogP contribution in [-0.4, -0.2) is 66.5 Å². The molecule has 0 fully saturated rings. The van der Waals surface area contributed by atoms with E-state index in [0.29, 0.717) is 19.3 Å². The molecule has 3 unspecified atom stereocenters. The van der Waals surface area contributed by atoms with Crippen LogP contribution in [0, 0.1) is 0 Å². The first-order valence-electron chi connectivity index (χ1n) is 31.4. The third kappa shape index (κ3) is 58.5. The highest BCUT2D eigenvalue weighted by Crippen LogP contribution is 2.43. The van der Waals surface area contributed by atoms with Crippen molar-refractivity contribution in [3.05, 3.63) is 122 Å². The highest BCUT2D eigenvalue weighted by molar-refractivity contribution is 7.47. The van der Waals surface area contributed by atoms with Gasteiger partial charge in [0.2, 0.25) is 0 Å². The number of ether oxygens (including phenoxy) is 3. The zero-order valence-electron chi connectivity index (χ0n) is 50.5. The van der Waals surface area contributed by atoms with Gasteiger partial charge in [0.1, 0.15) is 12.7 Å². The highest BCUT2D eigenvalue weighted by atomic mass is 31.2. The van der Waals surface area contributed by atoms with Gasteiger partial charge in [0.05, 0.1) is 26.2 Å². The second kappa shape index (κ2) is 61.0. The van der Waals surface area contributed by atoms with Crippen LogP contribution in [0.3, 0.4) is 0 Å². The Morgan fingerprint density at radius 3 is 1.07 bits per heavy atom. The number of phosphoric acid groups is 1. The maximum atomic E-state index is 12.9. The van der Waals surface area contributed by atoms with Crippen LogP contribution in [0.15, 0.2) is 122 Å². The van der Waals surface area contributed by atoms with Gasteiger partial charge in [-0.05, 0) is 109 Å². The summed E-state index contributed by atoms with van der Waals surface area (Å²) in [6, 6.07) is 0.